The van der Waals surface area contributed by atoms with Gasteiger partial charge in [0.05, 0.1) is 12.1 Å². The average Bonchev–Trinajstić information content (AvgIpc) is 2.73. The molecule has 1 aromatic carbocycles. The Kier molecular flexibility index (Phi) is 2.97. The molecular formula is C15H22N4. The van der Waals surface area contributed by atoms with Crippen molar-refractivity contribution < 1.29 is 0 Å². The second-order valence-corrected chi connectivity index (χ2v) is 5.85. The maximum Gasteiger partial charge on any atom is 0.196 e. The molecule has 2 unspecified atom stereocenters. The smallest absolute Gasteiger partial charge is 0.196 e. The summed E-state index contributed by atoms with van der Waals surface area (Å²) in [6.07, 6.45) is 2.23. The van der Waals surface area contributed by atoms with Gasteiger partial charge in [-0.05, 0) is 38.9 Å². The zero-order valence-corrected chi connectivity index (χ0v) is 11.7. The van der Waals surface area contributed by atoms with Crippen molar-refractivity contribution in [3.63, 3.8) is 0 Å². The van der Waals surface area contributed by atoms with Crippen molar-refractivity contribution in [2.45, 2.75) is 31.3 Å². The summed E-state index contributed by atoms with van der Waals surface area (Å²) < 4.78 is 0. The Labute approximate surface area is 114 Å². The summed E-state index contributed by atoms with van der Waals surface area (Å²) >= 11 is 0. The fourth-order valence-corrected chi connectivity index (χ4v) is 3.36. The molecule has 1 aromatic rings. The first-order valence-corrected chi connectivity index (χ1v) is 6.98. The van der Waals surface area contributed by atoms with E-state index in [0.29, 0.717) is 12.0 Å². The van der Waals surface area contributed by atoms with Crippen LogP contribution in [0.25, 0.3) is 0 Å². The monoisotopic (exact) mass is 258 g/mol. The Balaban J connectivity index is 1.94. The molecule has 0 amide bonds. The summed E-state index contributed by atoms with van der Waals surface area (Å²) in [5.41, 5.74) is 7.40. The highest BCUT2D eigenvalue weighted by molar-refractivity contribution is 5.98. The van der Waals surface area contributed by atoms with E-state index in [-0.39, 0.29) is 5.54 Å². The molecule has 2 heterocycles. The van der Waals surface area contributed by atoms with Gasteiger partial charge in [-0.1, -0.05) is 18.2 Å². The lowest BCUT2D eigenvalue weighted by atomic mass is 9.82. The molecule has 0 aromatic heterocycles. The maximum atomic E-state index is 6.16. The van der Waals surface area contributed by atoms with E-state index in [1.165, 1.54) is 0 Å². The van der Waals surface area contributed by atoms with Crippen molar-refractivity contribution in [3.8, 4) is 0 Å². The van der Waals surface area contributed by atoms with Gasteiger partial charge in [-0.15, -0.1) is 0 Å². The van der Waals surface area contributed by atoms with Crippen LogP contribution in [-0.2, 0) is 0 Å². The van der Waals surface area contributed by atoms with E-state index < -0.39 is 0 Å². The zero-order chi connectivity index (χ0) is 13.5. The number of likely N-dealkylation sites (tertiary alicyclic amines) is 1. The third kappa shape index (κ3) is 2.00. The molecule has 1 spiro atoms. The van der Waals surface area contributed by atoms with Crippen LogP contribution in [0.3, 0.4) is 0 Å². The highest BCUT2D eigenvalue weighted by Crippen LogP contribution is 2.38. The largest absolute Gasteiger partial charge is 0.369 e. The second kappa shape index (κ2) is 4.53. The molecule has 0 aliphatic carbocycles. The Bertz CT molecular complexity index is 484. The van der Waals surface area contributed by atoms with Gasteiger partial charge < -0.3 is 15.5 Å². The van der Waals surface area contributed by atoms with Crippen LogP contribution in [-0.4, -0.2) is 42.6 Å². The summed E-state index contributed by atoms with van der Waals surface area (Å²) in [5.74, 6) is 0.669. The topological polar surface area (TPSA) is 44.9 Å². The van der Waals surface area contributed by atoms with Gasteiger partial charge in [0.15, 0.2) is 5.96 Å². The Hall–Kier alpha value is -1.55. The fraction of sp³-hybridized carbons (Fsp3) is 0.533. The van der Waals surface area contributed by atoms with E-state index in [9.17, 15) is 0 Å². The molecule has 3 rings (SSSR count). The molecule has 2 N–H and O–H groups in total. The van der Waals surface area contributed by atoms with Crippen LogP contribution in [0, 0.1) is 0 Å². The van der Waals surface area contributed by atoms with Crippen LogP contribution in [0.4, 0.5) is 5.69 Å². The first-order chi connectivity index (χ1) is 9.12. The number of aliphatic imine (C=N–C) groups is 1. The van der Waals surface area contributed by atoms with Crippen LogP contribution in [0.5, 0.6) is 0 Å². The third-order valence-corrected chi connectivity index (χ3v) is 4.61. The third-order valence-electron chi connectivity index (χ3n) is 4.61. The van der Waals surface area contributed by atoms with E-state index in [4.69, 9.17) is 5.73 Å². The van der Waals surface area contributed by atoms with Gasteiger partial charge in [-0.2, -0.15) is 0 Å². The lowest BCUT2D eigenvalue weighted by Gasteiger charge is -2.47. The molecule has 1 fully saturated rings. The van der Waals surface area contributed by atoms with E-state index in [1.54, 1.807) is 0 Å². The molecule has 0 radical (unpaired) electrons. The first-order valence-electron chi connectivity index (χ1n) is 6.98. The number of rotatable bonds is 1. The lowest BCUT2D eigenvalue weighted by molar-refractivity contribution is 0.141. The highest BCUT2D eigenvalue weighted by atomic mass is 15.4. The molecule has 19 heavy (non-hydrogen) atoms. The van der Waals surface area contributed by atoms with Crippen molar-refractivity contribution in [2.24, 2.45) is 10.7 Å². The molecule has 0 bridgehead atoms. The molecule has 0 saturated carbocycles. The number of hydrogen-bond acceptors (Lipinski definition) is 4. The number of piperidine rings is 1. The second-order valence-electron chi connectivity index (χ2n) is 5.85. The Morgan fingerprint density at radius 2 is 2.05 bits per heavy atom. The molecule has 2 aliphatic heterocycles. The predicted molar refractivity (Wildman–Crippen MR) is 79.5 cm³/mol. The summed E-state index contributed by atoms with van der Waals surface area (Å²) in [7, 11) is 2.20. The van der Waals surface area contributed by atoms with Gasteiger partial charge in [0.1, 0.15) is 0 Å². The van der Waals surface area contributed by atoms with E-state index in [1.807, 2.05) is 6.07 Å². The molecule has 4 heteroatoms. The number of hydrogen-bond donors (Lipinski definition) is 1. The minimum absolute atomic E-state index is 0.0807. The van der Waals surface area contributed by atoms with Crippen molar-refractivity contribution in [1.82, 2.24) is 4.90 Å². The fourth-order valence-electron chi connectivity index (χ4n) is 3.36. The van der Waals surface area contributed by atoms with Gasteiger partial charge in [0.25, 0.3) is 0 Å². The Morgan fingerprint density at radius 1 is 1.32 bits per heavy atom. The predicted octanol–water partition coefficient (Wildman–Crippen LogP) is 1.67. The number of guanidine groups is 1. The van der Waals surface area contributed by atoms with Crippen LogP contribution < -0.4 is 10.6 Å². The number of anilines is 1. The van der Waals surface area contributed by atoms with Crippen LogP contribution in [0.1, 0.15) is 19.8 Å². The molecule has 2 aliphatic rings. The first kappa shape index (κ1) is 12.5. The number of para-hydroxylation sites is 1. The Morgan fingerprint density at radius 3 is 2.74 bits per heavy atom. The van der Waals surface area contributed by atoms with Crippen molar-refractivity contribution in [2.75, 3.05) is 25.0 Å². The van der Waals surface area contributed by atoms with Crippen molar-refractivity contribution >= 4 is 11.6 Å². The van der Waals surface area contributed by atoms with Gasteiger partial charge in [-0.3, -0.25) is 4.99 Å². The lowest BCUT2D eigenvalue weighted by Crippen LogP contribution is -2.59. The van der Waals surface area contributed by atoms with Crippen molar-refractivity contribution in [3.05, 3.63) is 30.3 Å². The van der Waals surface area contributed by atoms with Crippen molar-refractivity contribution in [1.29, 1.82) is 0 Å². The van der Waals surface area contributed by atoms with Gasteiger partial charge in [-0.25, -0.2) is 0 Å². The normalized spacial score (nSPS) is 31.8. The van der Waals surface area contributed by atoms with Gasteiger partial charge in [0.2, 0.25) is 0 Å². The molecule has 1 saturated heterocycles. The standard InChI is InChI=1S/C15H22N4/c1-12-10-15(8-9-18(12)2)11-17-14(16)19(15)13-6-4-3-5-7-13/h3-7,12H,8-11H2,1-2H3,(H2,16,17). The van der Waals surface area contributed by atoms with Crippen LogP contribution in [0.15, 0.2) is 35.3 Å². The van der Waals surface area contributed by atoms with Gasteiger partial charge >= 0.3 is 0 Å². The minimum Gasteiger partial charge on any atom is -0.369 e. The van der Waals surface area contributed by atoms with E-state index in [2.05, 4.69) is 53.0 Å². The molecular weight excluding hydrogens is 236 g/mol. The van der Waals surface area contributed by atoms with Crippen LogP contribution in [0.2, 0.25) is 0 Å². The summed E-state index contributed by atoms with van der Waals surface area (Å²) in [5, 5.41) is 0. The molecule has 2 atom stereocenters. The van der Waals surface area contributed by atoms with E-state index in [0.717, 1.165) is 31.6 Å². The quantitative estimate of drug-likeness (QED) is 0.833. The molecule has 4 nitrogen and oxygen atoms in total. The number of nitrogens with two attached hydrogens (primary N) is 1. The zero-order valence-electron chi connectivity index (χ0n) is 11.7. The SMILES string of the molecule is CC1CC2(CCN1C)CN=C(N)N2c1ccccc1. The minimum atomic E-state index is 0.0807. The number of benzene rings is 1. The highest BCUT2D eigenvalue weighted by Gasteiger charge is 2.46. The maximum absolute atomic E-state index is 6.16. The van der Waals surface area contributed by atoms with E-state index >= 15 is 0 Å². The summed E-state index contributed by atoms with van der Waals surface area (Å²) in [6, 6.07) is 11.0. The number of nitrogens with zero attached hydrogens (tertiary/aromatic N) is 3. The van der Waals surface area contributed by atoms with Gasteiger partial charge in [0, 0.05) is 18.3 Å². The van der Waals surface area contributed by atoms with Crippen LogP contribution >= 0.6 is 0 Å². The summed E-state index contributed by atoms with van der Waals surface area (Å²) in [4.78, 5) is 9.21. The average molecular weight is 258 g/mol. The summed E-state index contributed by atoms with van der Waals surface area (Å²) in [6.45, 7) is 4.22. The molecule has 102 valence electrons.